The number of rotatable bonds is 6. The lowest BCUT2D eigenvalue weighted by molar-refractivity contribution is -0.136. The van der Waals surface area contributed by atoms with Crippen LogP contribution in [-0.2, 0) is 14.4 Å². The first-order valence-electron chi connectivity index (χ1n) is 6.75. The molecular weight excluding hydrogens is 284 g/mol. The monoisotopic (exact) mass is 304 g/mol. The van der Waals surface area contributed by atoms with E-state index in [1.165, 1.54) is 12.2 Å². The van der Waals surface area contributed by atoms with Crippen LogP contribution < -0.4 is 11.1 Å². The van der Waals surface area contributed by atoms with E-state index in [0.717, 1.165) is 6.08 Å². The molecule has 0 radical (unpaired) electrons. The van der Waals surface area contributed by atoms with E-state index >= 15 is 0 Å². The number of amides is 2. The smallest absolute Gasteiger partial charge is 0.307 e. The molecule has 0 aliphatic heterocycles. The molecule has 2 amide bonds. The Morgan fingerprint density at radius 3 is 2.27 bits per heavy atom. The molecule has 0 saturated carbocycles. The molecule has 0 aromatic heterocycles. The summed E-state index contributed by atoms with van der Waals surface area (Å²) in [6.45, 7) is 4.00. The van der Waals surface area contributed by atoms with Gasteiger partial charge < -0.3 is 16.2 Å². The van der Waals surface area contributed by atoms with Crippen LogP contribution in [0.2, 0.25) is 0 Å². The van der Waals surface area contributed by atoms with E-state index in [4.69, 9.17) is 10.8 Å². The zero-order valence-corrected chi connectivity index (χ0v) is 12.6. The molecule has 6 nitrogen and oxygen atoms in total. The minimum absolute atomic E-state index is 0.0684. The molecule has 22 heavy (non-hydrogen) atoms. The number of carbonyl (C=O) groups is 3. The summed E-state index contributed by atoms with van der Waals surface area (Å²) in [4.78, 5) is 33.0. The van der Waals surface area contributed by atoms with Crippen molar-refractivity contribution in [3.05, 3.63) is 53.7 Å². The third-order valence-electron chi connectivity index (χ3n) is 2.20. The fourth-order valence-electron chi connectivity index (χ4n) is 1.33. The van der Waals surface area contributed by atoms with Crippen molar-refractivity contribution in [1.29, 1.82) is 0 Å². The van der Waals surface area contributed by atoms with Gasteiger partial charge in [-0.15, -0.1) is 0 Å². The molecule has 118 valence electrons. The number of carboxylic acid groups (broad SMARTS) is 1. The summed E-state index contributed by atoms with van der Waals surface area (Å²) in [6, 6.07) is 8.86. The minimum Gasteiger partial charge on any atom is -0.481 e. The zero-order chi connectivity index (χ0) is 17.0. The number of carboxylic acids is 1. The quantitative estimate of drug-likeness (QED) is 0.694. The van der Waals surface area contributed by atoms with Gasteiger partial charge in [-0.05, 0) is 17.7 Å². The van der Waals surface area contributed by atoms with Crippen molar-refractivity contribution >= 4 is 23.9 Å². The fraction of sp³-hybridized carbons (Fsp3) is 0.188. The molecule has 0 heterocycles. The molecule has 0 aliphatic carbocycles. The summed E-state index contributed by atoms with van der Waals surface area (Å²) < 4.78 is 0. The molecular formula is C16H20N2O4. The second kappa shape index (κ2) is 10.8. The highest BCUT2D eigenvalue weighted by molar-refractivity contribution is 6.02. The Morgan fingerprint density at radius 2 is 1.77 bits per heavy atom. The summed E-state index contributed by atoms with van der Waals surface area (Å²) in [5.41, 5.74) is 5.81. The van der Waals surface area contributed by atoms with Gasteiger partial charge in [-0.25, -0.2) is 0 Å². The van der Waals surface area contributed by atoms with Gasteiger partial charge in [0.15, 0.2) is 0 Å². The molecule has 0 bridgehead atoms. The normalized spacial score (nSPS) is 10.5. The molecule has 1 aromatic rings. The lowest BCUT2D eigenvalue weighted by Crippen LogP contribution is -2.29. The van der Waals surface area contributed by atoms with Crippen LogP contribution in [-0.4, -0.2) is 22.9 Å². The van der Waals surface area contributed by atoms with Crippen molar-refractivity contribution in [1.82, 2.24) is 5.32 Å². The highest BCUT2D eigenvalue weighted by atomic mass is 16.4. The highest BCUT2D eigenvalue weighted by Gasteiger charge is 2.07. The number of primary amides is 1. The first-order chi connectivity index (χ1) is 10.5. The van der Waals surface area contributed by atoms with Crippen LogP contribution in [0.1, 0.15) is 25.8 Å². The molecule has 0 atom stereocenters. The Kier molecular flexibility index (Phi) is 9.42. The number of nitrogens with one attached hydrogen (secondary N) is 1. The van der Waals surface area contributed by atoms with Crippen LogP contribution in [0, 0.1) is 0 Å². The first-order valence-corrected chi connectivity index (χ1v) is 6.75. The van der Waals surface area contributed by atoms with E-state index in [0.29, 0.717) is 5.56 Å². The lowest BCUT2D eigenvalue weighted by Gasteiger charge is -2.04. The largest absolute Gasteiger partial charge is 0.481 e. The average molecular weight is 304 g/mol. The van der Waals surface area contributed by atoms with Crippen LogP contribution in [0.4, 0.5) is 0 Å². The molecule has 0 fully saturated rings. The molecule has 1 aromatic carbocycles. The van der Waals surface area contributed by atoms with E-state index in [-0.39, 0.29) is 12.1 Å². The Balaban J connectivity index is 0.00000211. The molecule has 0 unspecified atom stereocenters. The van der Waals surface area contributed by atoms with Crippen LogP contribution in [0.5, 0.6) is 0 Å². The molecule has 0 aliphatic rings. The summed E-state index contributed by atoms with van der Waals surface area (Å²) in [7, 11) is 0. The Hall–Kier alpha value is -2.89. The van der Waals surface area contributed by atoms with Gasteiger partial charge in [0.05, 0.1) is 6.42 Å². The molecule has 0 saturated heterocycles. The molecule has 0 spiro atoms. The van der Waals surface area contributed by atoms with Gasteiger partial charge in [-0.2, -0.15) is 0 Å². The van der Waals surface area contributed by atoms with Crippen molar-refractivity contribution < 1.29 is 19.5 Å². The SMILES string of the molecule is CC.NC(=O)/C(=C\c1ccccc1)NC(=O)/C=C\CC(=O)O. The number of hydrogen-bond donors (Lipinski definition) is 3. The van der Waals surface area contributed by atoms with E-state index < -0.39 is 17.8 Å². The average Bonchev–Trinajstić information content (AvgIpc) is 2.49. The highest BCUT2D eigenvalue weighted by Crippen LogP contribution is 2.04. The fourth-order valence-corrected chi connectivity index (χ4v) is 1.33. The van der Waals surface area contributed by atoms with Gasteiger partial charge in [0, 0.05) is 0 Å². The van der Waals surface area contributed by atoms with Gasteiger partial charge in [0.2, 0.25) is 5.91 Å². The van der Waals surface area contributed by atoms with Crippen molar-refractivity contribution in [3.8, 4) is 0 Å². The van der Waals surface area contributed by atoms with Crippen molar-refractivity contribution in [2.45, 2.75) is 20.3 Å². The number of carbonyl (C=O) groups excluding carboxylic acids is 2. The molecule has 1 rings (SSSR count). The maximum atomic E-state index is 11.5. The molecule has 4 N–H and O–H groups in total. The van der Waals surface area contributed by atoms with Crippen molar-refractivity contribution in [3.63, 3.8) is 0 Å². The standard InChI is InChI=1S/C14H14N2O4.C2H6/c15-14(20)11(9-10-5-2-1-3-6-10)16-12(17)7-4-8-13(18)19;1-2/h1-7,9H,8H2,(H2,15,20)(H,16,17)(H,18,19);1-2H3/b7-4-,11-9+;. The van der Waals surface area contributed by atoms with Gasteiger partial charge in [0.1, 0.15) is 5.70 Å². The third-order valence-corrected chi connectivity index (χ3v) is 2.20. The predicted molar refractivity (Wildman–Crippen MR) is 84.5 cm³/mol. The van der Waals surface area contributed by atoms with Gasteiger partial charge in [-0.1, -0.05) is 50.3 Å². The van der Waals surface area contributed by atoms with E-state index in [2.05, 4.69) is 5.32 Å². The van der Waals surface area contributed by atoms with E-state index in [1.807, 2.05) is 19.9 Å². The summed E-state index contributed by atoms with van der Waals surface area (Å²) in [5, 5.41) is 10.7. The third kappa shape index (κ3) is 8.31. The van der Waals surface area contributed by atoms with Crippen molar-refractivity contribution in [2.75, 3.05) is 0 Å². The Labute approximate surface area is 129 Å². The predicted octanol–water partition coefficient (Wildman–Crippen LogP) is 1.69. The maximum Gasteiger partial charge on any atom is 0.307 e. The van der Waals surface area contributed by atoms with E-state index in [9.17, 15) is 14.4 Å². The molecule has 6 heteroatoms. The van der Waals surface area contributed by atoms with Crippen LogP contribution in [0.3, 0.4) is 0 Å². The Bertz CT molecular complexity index is 563. The zero-order valence-electron chi connectivity index (χ0n) is 12.6. The second-order valence-corrected chi connectivity index (χ2v) is 3.82. The van der Waals surface area contributed by atoms with Gasteiger partial charge in [-0.3, -0.25) is 14.4 Å². The lowest BCUT2D eigenvalue weighted by atomic mass is 10.2. The summed E-state index contributed by atoms with van der Waals surface area (Å²) in [5.74, 6) is -2.45. The van der Waals surface area contributed by atoms with Crippen LogP contribution >= 0.6 is 0 Å². The van der Waals surface area contributed by atoms with Crippen molar-refractivity contribution in [2.24, 2.45) is 5.73 Å². The van der Waals surface area contributed by atoms with E-state index in [1.54, 1.807) is 24.3 Å². The summed E-state index contributed by atoms with van der Waals surface area (Å²) in [6.07, 6.45) is 3.38. The Morgan fingerprint density at radius 1 is 1.18 bits per heavy atom. The minimum atomic E-state index is -1.05. The number of aliphatic carboxylic acids is 1. The van der Waals surface area contributed by atoms with Gasteiger partial charge >= 0.3 is 5.97 Å². The topological polar surface area (TPSA) is 109 Å². The number of benzene rings is 1. The number of hydrogen-bond acceptors (Lipinski definition) is 3. The van der Waals surface area contributed by atoms with Gasteiger partial charge in [0.25, 0.3) is 5.91 Å². The van der Waals surface area contributed by atoms with Crippen LogP contribution in [0.15, 0.2) is 48.2 Å². The second-order valence-electron chi connectivity index (χ2n) is 3.82. The number of nitrogens with two attached hydrogens (primary N) is 1. The van der Waals surface area contributed by atoms with Crippen LogP contribution in [0.25, 0.3) is 6.08 Å². The summed E-state index contributed by atoms with van der Waals surface area (Å²) >= 11 is 0. The maximum absolute atomic E-state index is 11.5. The first kappa shape index (κ1) is 19.1.